The molecule has 0 unspecified atom stereocenters. The predicted octanol–water partition coefficient (Wildman–Crippen LogP) is 3.31. The van der Waals surface area contributed by atoms with E-state index < -0.39 is 0 Å². The normalized spacial score (nSPS) is 11.3. The van der Waals surface area contributed by atoms with E-state index in [4.69, 9.17) is 4.42 Å². The van der Waals surface area contributed by atoms with Crippen molar-refractivity contribution in [3.8, 4) is 11.3 Å². The minimum atomic E-state index is 0.663. The minimum absolute atomic E-state index is 0.663. The highest BCUT2D eigenvalue weighted by Gasteiger charge is 2.11. The van der Waals surface area contributed by atoms with Gasteiger partial charge in [0, 0.05) is 0 Å². The molecule has 3 rings (SSSR count). The van der Waals surface area contributed by atoms with E-state index in [1.54, 1.807) is 0 Å². The van der Waals surface area contributed by atoms with Gasteiger partial charge in [-0.25, -0.2) is 9.97 Å². The molecule has 114 valence electrons. The molecule has 3 aromatic rings. The van der Waals surface area contributed by atoms with Gasteiger partial charge in [0.05, 0.1) is 30.7 Å². The molecule has 0 radical (unpaired) electrons. The fourth-order valence-electron chi connectivity index (χ4n) is 2.36. The van der Waals surface area contributed by atoms with E-state index in [1.165, 1.54) is 0 Å². The van der Waals surface area contributed by atoms with Crippen molar-refractivity contribution < 1.29 is 4.42 Å². The highest BCUT2D eigenvalue weighted by molar-refractivity contribution is 5.57. The number of nitrogens with zero attached hydrogens (tertiary/aromatic N) is 3. The van der Waals surface area contributed by atoms with Crippen molar-refractivity contribution in [3.05, 3.63) is 59.7 Å². The maximum absolute atomic E-state index is 5.61. The molecule has 0 bridgehead atoms. The Morgan fingerprint density at radius 3 is 2.59 bits per heavy atom. The van der Waals surface area contributed by atoms with Crippen molar-refractivity contribution in [2.45, 2.75) is 26.9 Å². The zero-order valence-electron chi connectivity index (χ0n) is 13.1. The van der Waals surface area contributed by atoms with Gasteiger partial charge in [0.1, 0.15) is 11.6 Å². The highest BCUT2D eigenvalue weighted by Crippen LogP contribution is 2.17. The van der Waals surface area contributed by atoms with Crippen LogP contribution >= 0.6 is 0 Å². The van der Waals surface area contributed by atoms with Gasteiger partial charge in [0.15, 0.2) is 0 Å². The molecule has 2 heterocycles. The molecular formula is C17H20N4O. The Bertz CT molecular complexity index is 726. The third-order valence-corrected chi connectivity index (χ3v) is 3.61. The van der Waals surface area contributed by atoms with E-state index in [0.717, 1.165) is 34.4 Å². The largest absolute Gasteiger partial charge is 0.444 e. The summed E-state index contributed by atoms with van der Waals surface area (Å²) in [6.45, 7) is 5.27. The van der Waals surface area contributed by atoms with Crippen molar-refractivity contribution in [2.75, 3.05) is 7.05 Å². The summed E-state index contributed by atoms with van der Waals surface area (Å²) in [5.41, 5.74) is 3.13. The molecule has 0 saturated carbocycles. The molecule has 0 saturated heterocycles. The number of H-pyrrole nitrogens is 1. The van der Waals surface area contributed by atoms with Gasteiger partial charge in [-0.05, 0) is 26.5 Å². The Kier molecular flexibility index (Phi) is 4.06. The van der Waals surface area contributed by atoms with Crippen molar-refractivity contribution in [2.24, 2.45) is 0 Å². The second kappa shape index (κ2) is 6.15. The smallest absolute Gasteiger partial charge is 0.208 e. The predicted molar refractivity (Wildman–Crippen MR) is 85.2 cm³/mol. The molecule has 2 aromatic heterocycles. The van der Waals surface area contributed by atoms with E-state index in [2.05, 4.69) is 32.0 Å². The van der Waals surface area contributed by atoms with Crippen LogP contribution in [0.3, 0.4) is 0 Å². The lowest BCUT2D eigenvalue weighted by atomic mass is 10.2. The number of aromatic nitrogens is 3. The van der Waals surface area contributed by atoms with Crippen LogP contribution in [0.4, 0.5) is 0 Å². The Morgan fingerprint density at radius 1 is 1.14 bits per heavy atom. The monoisotopic (exact) mass is 296 g/mol. The second-order valence-corrected chi connectivity index (χ2v) is 5.53. The molecule has 5 nitrogen and oxygen atoms in total. The number of aromatic amines is 1. The lowest BCUT2D eigenvalue weighted by Gasteiger charge is -2.12. The van der Waals surface area contributed by atoms with Crippen molar-refractivity contribution >= 4 is 0 Å². The molecule has 1 aromatic carbocycles. The average Bonchev–Trinajstić information content (AvgIpc) is 3.07. The molecule has 0 atom stereocenters. The first-order valence-corrected chi connectivity index (χ1v) is 7.32. The van der Waals surface area contributed by atoms with Gasteiger partial charge in [-0.15, -0.1) is 0 Å². The maximum Gasteiger partial charge on any atom is 0.208 e. The van der Waals surface area contributed by atoms with Gasteiger partial charge in [0.2, 0.25) is 5.89 Å². The minimum Gasteiger partial charge on any atom is -0.444 e. The van der Waals surface area contributed by atoms with Crippen LogP contribution < -0.4 is 0 Å². The molecular weight excluding hydrogens is 276 g/mol. The Morgan fingerprint density at radius 2 is 1.91 bits per heavy atom. The third-order valence-electron chi connectivity index (χ3n) is 3.61. The lowest BCUT2D eigenvalue weighted by Crippen LogP contribution is -2.18. The van der Waals surface area contributed by atoms with Crippen molar-refractivity contribution in [1.82, 2.24) is 19.9 Å². The first-order chi connectivity index (χ1) is 10.6. The lowest BCUT2D eigenvalue weighted by molar-refractivity contribution is 0.273. The summed E-state index contributed by atoms with van der Waals surface area (Å²) in [6.07, 6.45) is 1.87. The topological polar surface area (TPSA) is 58.0 Å². The molecule has 0 spiro atoms. The summed E-state index contributed by atoms with van der Waals surface area (Å²) in [5, 5.41) is 0. The number of imidazole rings is 1. The number of oxazole rings is 1. The van der Waals surface area contributed by atoms with E-state index in [0.29, 0.717) is 13.1 Å². The van der Waals surface area contributed by atoms with Crippen LogP contribution in [0.5, 0.6) is 0 Å². The average molecular weight is 296 g/mol. The molecule has 0 aliphatic heterocycles. The second-order valence-electron chi connectivity index (χ2n) is 5.53. The van der Waals surface area contributed by atoms with E-state index in [-0.39, 0.29) is 0 Å². The van der Waals surface area contributed by atoms with Gasteiger partial charge >= 0.3 is 0 Å². The van der Waals surface area contributed by atoms with Crippen LogP contribution in [0, 0.1) is 13.8 Å². The SMILES string of the molecule is Cc1nc(CN(C)Cc2ncc(-c3ccccc3)[nH]2)oc1C. The van der Waals surface area contributed by atoms with Crippen molar-refractivity contribution in [3.63, 3.8) is 0 Å². The number of rotatable bonds is 5. The summed E-state index contributed by atoms with van der Waals surface area (Å²) < 4.78 is 5.61. The number of benzene rings is 1. The van der Waals surface area contributed by atoms with Crippen LogP contribution in [0.1, 0.15) is 23.2 Å². The van der Waals surface area contributed by atoms with Gasteiger partial charge in [-0.2, -0.15) is 0 Å². The van der Waals surface area contributed by atoms with Gasteiger partial charge < -0.3 is 9.40 Å². The molecule has 1 N–H and O–H groups in total. The zero-order valence-corrected chi connectivity index (χ0v) is 13.1. The van der Waals surface area contributed by atoms with E-state index >= 15 is 0 Å². The van der Waals surface area contributed by atoms with Gasteiger partial charge in [0.25, 0.3) is 0 Å². The van der Waals surface area contributed by atoms with Gasteiger partial charge in [-0.1, -0.05) is 30.3 Å². The molecule has 0 aliphatic carbocycles. The fraction of sp³-hybridized carbons (Fsp3) is 0.294. The summed E-state index contributed by atoms with van der Waals surface area (Å²) in [6, 6.07) is 10.2. The molecule has 0 aliphatic rings. The van der Waals surface area contributed by atoms with Crippen LogP contribution in [0.2, 0.25) is 0 Å². The van der Waals surface area contributed by atoms with E-state index in [1.807, 2.05) is 45.3 Å². The van der Waals surface area contributed by atoms with Crippen LogP contribution in [0.25, 0.3) is 11.3 Å². The number of hydrogen-bond acceptors (Lipinski definition) is 4. The quantitative estimate of drug-likeness (QED) is 0.784. The summed E-state index contributed by atoms with van der Waals surface area (Å²) in [5.74, 6) is 2.56. The van der Waals surface area contributed by atoms with Crippen molar-refractivity contribution in [1.29, 1.82) is 0 Å². The number of nitrogens with one attached hydrogen (secondary N) is 1. The number of hydrogen-bond donors (Lipinski definition) is 1. The zero-order chi connectivity index (χ0) is 15.5. The van der Waals surface area contributed by atoms with Crippen LogP contribution in [-0.4, -0.2) is 26.9 Å². The summed E-state index contributed by atoms with van der Waals surface area (Å²) in [7, 11) is 2.03. The summed E-state index contributed by atoms with van der Waals surface area (Å²) in [4.78, 5) is 14.3. The fourth-order valence-corrected chi connectivity index (χ4v) is 2.36. The molecule has 0 amide bonds. The maximum atomic E-state index is 5.61. The Labute approximate surface area is 130 Å². The van der Waals surface area contributed by atoms with Crippen LogP contribution in [-0.2, 0) is 13.1 Å². The molecule has 22 heavy (non-hydrogen) atoms. The molecule has 5 heteroatoms. The molecule has 0 fully saturated rings. The standard InChI is InChI=1S/C17H20N4O/c1-12-13(2)22-17(19-12)11-21(3)10-16-18-9-15(20-16)14-7-5-4-6-8-14/h4-9H,10-11H2,1-3H3,(H,18,20). The summed E-state index contributed by atoms with van der Waals surface area (Å²) >= 11 is 0. The van der Waals surface area contributed by atoms with Crippen LogP contribution in [0.15, 0.2) is 40.9 Å². The Balaban J connectivity index is 1.64. The van der Waals surface area contributed by atoms with Gasteiger partial charge in [-0.3, -0.25) is 4.90 Å². The number of aryl methyl sites for hydroxylation is 2. The first-order valence-electron chi connectivity index (χ1n) is 7.32. The highest BCUT2D eigenvalue weighted by atomic mass is 16.4. The first kappa shape index (κ1) is 14.5. The third kappa shape index (κ3) is 3.26. The van der Waals surface area contributed by atoms with E-state index in [9.17, 15) is 0 Å². The Hall–Kier alpha value is -2.40.